The van der Waals surface area contributed by atoms with Crippen molar-refractivity contribution in [3.05, 3.63) is 0 Å². The predicted molar refractivity (Wildman–Crippen MR) is 50.9 cm³/mol. The second kappa shape index (κ2) is 4.96. The summed E-state index contributed by atoms with van der Waals surface area (Å²) in [6.07, 6.45) is 0.0562. The lowest BCUT2D eigenvalue weighted by Gasteiger charge is -2.26. The first-order valence-corrected chi connectivity index (χ1v) is 6.44. The molecule has 0 bridgehead atoms. The van der Waals surface area contributed by atoms with Crippen LogP contribution in [0.4, 0.5) is 0 Å². The molecule has 12 heavy (non-hydrogen) atoms. The zero-order valence-corrected chi connectivity index (χ0v) is 9.63. The quantitative estimate of drug-likeness (QED) is 0.675. The average molecular weight is 192 g/mol. The highest BCUT2D eigenvalue weighted by molar-refractivity contribution is 6.59. The Hall–Kier alpha value is 0.0969. The fourth-order valence-electron chi connectivity index (χ4n) is 0.931. The summed E-state index contributed by atoms with van der Waals surface area (Å²) in [7, 11) is -2.85. The van der Waals surface area contributed by atoms with E-state index in [9.17, 15) is 4.80 Å². The first-order chi connectivity index (χ1) is 5.39. The van der Waals surface area contributed by atoms with Gasteiger partial charge in [0.25, 0.3) is 0 Å². The normalized spacial score (nSPS) is 13.0. The first kappa shape index (κ1) is 12.1. The Morgan fingerprint density at radius 3 is 1.58 bits per heavy atom. The third-order valence-electron chi connectivity index (χ3n) is 1.29. The summed E-state index contributed by atoms with van der Waals surface area (Å²) in [6, 6.07) is 0.573. The van der Waals surface area contributed by atoms with Gasteiger partial charge in [0.1, 0.15) is 0 Å². The Balaban J connectivity index is 4.04. The SMILES string of the molecule is CC[Si](O)(OC(C)C)OC(C)C. The first-order valence-electron chi connectivity index (χ1n) is 4.47. The molecule has 74 valence electrons. The fourth-order valence-corrected chi connectivity index (χ4v) is 2.79. The van der Waals surface area contributed by atoms with Crippen LogP contribution in [0.15, 0.2) is 0 Å². The second-order valence-corrected chi connectivity index (χ2v) is 6.00. The molecule has 4 heteroatoms. The maximum Gasteiger partial charge on any atom is 0.498 e. The molecule has 0 aliphatic heterocycles. The van der Waals surface area contributed by atoms with Crippen LogP contribution in [0.5, 0.6) is 0 Å². The van der Waals surface area contributed by atoms with Gasteiger partial charge in [-0.3, -0.25) is 0 Å². The van der Waals surface area contributed by atoms with Gasteiger partial charge in [0, 0.05) is 18.3 Å². The van der Waals surface area contributed by atoms with E-state index in [2.05, 4.69) is 0 Å². The van der Waals surface area contributed by atoms with E-state index in [1.807, 2.05) is 34.6 Å². The van der Waals surface area contributed by atoms with Crippen LogP contribution < -0.4 is 0 Å². The van der Waals surface area contributed by atoms with E-state index in [0.717, 1.165) is 0 Å². The van der Waals surface area contributed by atoms with E-state index in [4.69, 9.17) is 8.85 Å². The average Bonchev–Trinajstić information content (AvgIpc) is 1.83. The van der Waals surface area contributed by atoms with Crippen LogP contribution in [0, 0.1) is 0 Å². The van der Waals surface area contributed by atoms with Gasteiger partial charge in [0.2, 0.25) is 0 Å². The lowest BCUT2D eigenvalue weighted by molar-refractivity contribution is 0.0488. The third-order valence-corrected chi connectivity index (χ3v) is 3.86. The summed E-state index contributed by atoms with van der Waals surface area (Å²) in [4.78, 5) is 9.86. The Bertz CT molecular complexity index is 115. The molecule has 0 heterocycles. The number of hydrogen-bond donors (Lipinski definition) is 1. The van der Waals surface area contributed by atoms with Gasteiger partial charge in [-0.1, -0.05) is 6.92 Å². The molecule has 0 fully saturated rings. The highest BCUT2D eigenvalue weighted by atomic mass is 28.4. The summed E-state index contributed by atoms with van der Waals surface area (Å²) in [6.45, 7) is 9.49. The van der Waals surface area contributed by atoms with Gasteiger partial charge < -0.3 is 13.6 Å². The minimum atomic E-state index is -2.85. The molecule has 0 aliphatic carbocycles. The van der Waals surface area contributed by atoms with Crippen molar-refractivity contribution in [2.24, 2.45) is 0 Å². The molecule has 3 nitrogen and oxygen atoms in total. The van der Waals surface area contributed by atoms with Crippen LogP contribution in [0.2, 0.25) is 6.04 Å². The van der Waals surface area contributed by atoms with E-state index in [1.54, 1.807) is 0 Å². The number of rotatable bonds is 5. The summed E-state index contributed by atoms with van der Waals surface area (Å²) < 4.78 is 10.7. The van der Waals surface area contributed by atoms with E-state index in [-0.39, 0.29) is 12.2 Å². The molecule has 1 N–H and O–H groups in total. The van der Waals surface area contributed by atoms with E-state index >= 15 is 0 Å². The van der Waals surface area contributed by atoms with Gasteiger partial charge in [-0.05, 0) is 27.7 Å². The van der Waals surface area contributed by atoms with Crippen molar-refractivity contribution in [3.63, 3.8) is 0 Å². The van der Waals surface area contributed by atoms with Crippen LogP contribution >= 0.6 is 0 Å². The molecule has 0 radical (unpaired) electrons. The van der Waals surface area contributed by atoms with Crippen molar-refractivity contribution in [2.75, 3.05) is 0 Å². The monoisotopic (exact) mass is 192 g/mol. The minimum absolute atomic E-state index is 0.0281. The smallest absolute Gasteiger partial charge is 0.390 e. The molecule has 0 aromatic carbocycles. The Morgan fingerprint density at radius 1 is 1.08 bits per heavy atom. The topological polar surface area (TPSA) is 38.7 Å². The van der Waals surface area contributed by atoms with Gasteiger partial charge in [-0.2, -0.15) is 0 Å². The maximum atomic E-state index is 9.86. The van der Waals surface area contributed by atoms with Gasteiger partial charge in [-0.15, -0.1) is 0 Å². The fraction of sp³-hybridized carbons (Fsp3) is 1.00. The van der Waals surface area contributed by atoms with Gasteiger partial charge >= 0.3 is 8.80 Å². The van der Waals surface area contributed by atoms with Crippen molar-refractivity contribution in [1.82, 2.24) is 0 Å². The molecule has 0 spiro atoms. The van der Waals surface area contributed by atoms with Crippen LogP contribution in [-0.4, -0.2) is 25.8 Å². The highest BCUT2D eigenvalue weighted by Gasteiger charge is 2.36. The Morgan fingerprint density at radius 2 is 1.42 bits per heavy atom. The summed E-state index contributed by atoms with van der Waals surface area (Å²) >= 11 is 0. The molecular weight excluding hydrogens is 172 g/mol. The van der Waals surface area contributed by atoms with E-state index in [1.165, 1.54) is 0 Å². The summed E-state index contributed by atoms with van der Waals surface area (Å²) in [5.41, 5.74) is 0. The second-order valence-electron chi connectivity index (χ2n) is 3.40. The molecule has 0 amide bonds. The van der Waals surface area contributed by atoms with Crippen LogP contribution in [-0.2, 0) is 8.85 Å². The van der Waals surface area contributed by atoms with Crippen molar-refractivity contribution in [2.45, 2.75) is 52.9 Å². The van der Waals surface area contributed by atoms with Gasteiger partial charge in [-0.25, -0.2) is 0 Å². The Labute approximate surface area is 76.1 Å². The molecule has 0 atom stereocenters. The minimum Gasteiger partial charge on any atom is -0.390 e. The van der Waals surface area contributed by atoms with Crippen LogP contribution in [0.25, 0.3) is 0 Å². The summed E-state index contributed by atoms with van der Waals surface area (Å²) in [5.74, 6) is 0. The van der Waals surface area contributed by atoms with Crippen molar-refractivity contribution in [1.29, 1.82) is 0 Å². The van der Waals surface area contributed by atoms with Gasteiger partial charge in [0.05, 0.1) is 0 Å². The largest absolute Gasteiger partial charge is 0.498 e. The zero-order valence-electron chi connectivity index (χ0n) is 8.63. The lowest BCUT2D eigenvalue weighted by Crippen LogP contribution is -2.45. The predicted octanol–water partition coefficient (Wildman–Crippen LogP) is 1.79. The number of hydrogen-bond acceptors (Lipinski definition) is 3. The van der Waals surface area contributed by atoms with Crippen molar-refractivity contribution >= 4 is 8.80 Å². The molecule has 0 rings (SSSR count). The van der Waals surface area contributed by atoms with E-state index < -0.39 is 8.80 Å². The molecular formula is C8H20O3Si. The molecule has 0 aromatic heterocycles. The zero-order chi connectivity index (χ0) is 9.78. The molecule has 0 unspecified atom stereocenters. The standard InChI is InChI=1S/C8H20O3Si/c1-6-12(9,10-7(2)3)11-8(4)5/h7-9H,6H2,1-5H3. The lowest BCUT2D eigenvalue weighted by atomic mass is 10.5. The molecule has 0 aromatic rings. The van der Waals surface area contributed by atoms with Gasteiger partial charge in [0.15, 0.2) is 0 Å². The van der Waals surface area contributed by atoms with Crippen LogP contribution in [0.1, 0.15) is 34.6 Å². The molecule has 0 aliphatic rings. The third kappa shape index (κ3) is 4.87. The van der Waals surface area contributed by atoms with E-state index in [0.29, 0.717) is 6.04 Å². The molecule has 0 saturated carbocycles. The summed E-state index contributed by atoms with van der Waals surface area (Å²) in [5, 5.41) is 0. The highest BCUT2D eigenvalue weighted by Crippen LogP contribution is 2.14. The van der Waals surface area contributed by atoms with Crippen molar-refractivity contribution in [3.8, 4) is 0 Å². The maximum absolute atomic E-state index is 9.86. The van der Waals surface area contributed by atoms with Crippen molar-refractivity contribution < 1.29 is 13.6 Å². The van der Waals surface area contributed by atoms with Crippen LogP contribution in [0.3, 0.4) is 0 Å². The Kier molecular flexibility index (Phi) is 5.00. The molecule has 0 saturated heterocycles.